The Morgan fingerprint density at radius 3 is 2.69 bits per heavy atom. The Hall–Kier alpha value is -0.610. The minimum absolute atomic E-state index is 0.0429. The van der Waals surface area contributed by atoms with Crippen molar-refractivity contribution in [2.24, 2.45) is 0 Å². The summed E-state index contributed by atoms with van der Waals surface area (Å²) in [5.41, 5.74) is 0. The highest BCUT2D eigenvalue weighted by Crippen LogP contribution is 2.11. The second-order valence-corrected chi connectivity index (χ2v) is 4.61. The first kappa shape index (κ1) is 13.5. The number of amides is 1. The van der Waals surface area contributed by atoms with E-state index < -0.39 is 6.10 Å². The van der Waals surface area contributed by atoms with E-state index in [1.165, 1.54) is 12.8 Å². The van der Waals surface area contributed by atoms with Gasteiger partial charge in [0.05, 0.1) is 12.1 Å². The Balaban J connectivity index is 2.24. The van der Waals surface area contributed by atoms with Gasteiger partial charge in [-0.15, -0.1) is 0 Å². The molecule has 0 radical (unpaired) electrons. The fourth-order valence-electron chi connectivity index (χ4n) is 2.11. The average molecular weight is 228 g/mol. The van der Waals surface area contributed by atoms with E-state index in [1.54, 1.807) is 11.9 Å². The maximum atomic E-state index is 11.8. The Morgan fingerprint density at radius 2 is 2.12 bits per heavy atom. The van der Waals surface area contributed by atoms with E-state index >= 15 is 0 Å². The number of β-amino-alcohol motifs (C(OH)–C–C–N with tert-alkyl or cyclic N) is 1. The van der Waals surface area contributed by atoms with Crippen LogP contribution in [0.25, 0.3) is 0 Å². The van der Waals surface area contributed by atoms with Gasteiger partial charge in [0.2, 0.25) is 5.91 Å². The van der Waals surface area contributed by atoms with Crippen LogP contribution in [-0.2, 0) is 4.79 Å². The summed E-state index contributed by atoms with van der Waals surface area (Å²) in [7, 11) is 1.79. The number of carbonyl (C=O) groups excluding carboxylic acids is 1. The van der Waals surface area contributed by atoms with Crippen LogP contribution in [0.2, 0.25) is 0 Å². The molecule has 1 fully saturated rings. The lowest BCUT2D eigenvalue weighted by Crippen LogP contribution is -2.44. The Bertz CT molecular complexity index is 221. The molecule has 0 saturated carbocycles. The number of aliphatic hydroxyl groups is 1. The number of nitrogens with one attached hydrogen (secondary N) is 1. The SMILES string of the molecule is CCCCCCC(=O)N(C)[C@H]1CNC[C@@H]1O. The second kappa shape index (κ2) is 6.86. The van der Waals surface area contributed by atoms with E-state index in [4.69, 9.17) is 0 Å². The molecule has 0 aromatic heterocycles. The molecular formula is C12H24N2O2. The number of carbonyl (C=O) groups is 1. The summed E-state index contributed by atoms with van der Waals surface area (Å²) in [5, 5.41) is 12.8. The predicted molar refractivity (Wildman–Crippen MR) is 64.2 cm³/mol. The predicted octanol–water partition coefficient (Wildman–Crippen LogP) is 0.748. The van der Waals surface area contributed by atoms with Gasteiger partial charge in [-0.1, -0.05) is 26.2 Å². The van der Waals surface area contributed by atoms with E-state index in [0.29, 0.717) is 19.5 Å². The maximum Gasteiger partial charge on any atom is 0.222 e. The van der Waals surface area contributed by atoms with Crippen molar-refractivity contribution in [3.8, 4) is 0 Å². The zero-order chi connectivity index (χ0) is 12.0. The van der Waals surface area contributed by atoms with Crippen LogP contribution in [0.1, 0.15) is 39.0 Å². The van der Waals surface area contributed by atoms with E-state index in [9.17, 15) is 9.90 Å². The number of hydrogen-bond donors (Lipinski definition) is 2. The fraction of sp³-hybridized carbons (Fsp3) is 0.917. The first-order valence-corrected chi connectivity index (χ1v) is 6.31. The van der Waals surface area contributed by atoms with Crippen LogP contribution >= 0.6 is 0 Å². The molecule has 0 bridgehead atoms. The first-order valence-electron chi connectivity index (χ1n) is 6.31. The average Bonchev–Trinajstić information content (AvgIpc) is 2.69. The fourth-order valence-corrected chi connectivity index (χ4v) is 2.11. The third-order valence-corrected chi connectivity index (χ3v) is 3.29. The molecule has 0 spiro atoms. The number of hydrogen-bond acceptors (Lipinski definition) is 3. The lowest BCUT2D eigenvalue weighted by atomic mass is 10.1. The smallest absolute Gasteiger partial charge is 0.222 e. The molecule has 1 saturated heterocycles. The molecule has 1 aliphatic heterocycles. The highest BCUT2D eigenvalue weighted by atomic mass is 16.3. The minimum Gasteiger partial charge on any atom is -0.390 e. The summed E-state index contributed by atoms with van der Waals surface area (Å²) in [6, 6.07) is -0.0429. The van der Waals surface area contributed by atoms with Gasteiger partial charge in [0.1, 0.15) is 0 Å². The number of nitrogens with zero attached hydrogens (tertiary/aromatic N) is 1. The monoisotopic (exact) mass is 228 g/mol. The summed E-state index contributed by atoms with van der Waals surface area (Å²) < 4.78 is 0. The lowest BCUT2D eigenvalue weighted by Gasteiger charge is -2.26. The van der Waals surface area contributed by atoms with E-state index in [2.05, 4.69) is 12.2 Å². The number of unbranched alkanes of at least 4 members (excludes halogenated alkanes) is 3. The van der Waals surface area contributed by atoms with Crippen LogP contribution in [0.5, 0.6) is 0 Å². The second-order valence-electron chi connectivity index (χ2n) is 4.61. The highest BCUT2D eigenvalue weighted by Gasteiger charge is 2.30. The molecule has 0 aromatic carbocycles. The van der Waals surface area contributed by atoms with E-state index in [-0.39, 0.29) is 11.9 Å². The highest BCUT2D eigenvalue weighted by molar-refractivity contribution is 5.76. The summed E-state index contributed by atoms with van der Waals surface area (Å²) >= 11 is 0. The summed E-state index contributed by atoms with van der Waals surface area (Å²) in [6.07, 6.45) is 4.68. The third kappa shape index (κ3) is 3.76. The molecule has 1 amide bonds. The van der Waals surface area contributed by atoms with Crippen molar-refractivity contribution in [1.29, 1.82) is 0 Å². The molecular weight excluding hydrogens is 204 g/mol. The first-order chi connectivity index (χ1) is 7.66. The summed E-state index contributed by atoms with van der Waals surface area (Å²) in [6.45, 7) is 3.46. The number of likely N-dealkylation sites (N-methyl/N-ethyl adjacent to an activating group) is 1. The van der Waals surface area contributed by atoms with Crippen molar-refractivity contribution in [3.05, 3.63) is 0 Å². The van der Waals surface area contributed by atoms with Crippen LogP contribution in [0.15, 0.2) is 0 Å². The lowest BCUT2D eigenvalue weighted by molar-refractivity contribution is -0.133. The van der Waals surface area contributed by atoms with Gasteiger partial charge in [-0.25, -0.2) is 0 Å². The molecule has 4 nitrogen and oxygen atoms in total. The van der Waals surface area contributed by atoms with E-state index in [0.717, 1.165) is 12.8 Å². The van der Waals surface area contributed by atoms with Gasteiger partial charge >= 0.3 is 0 Å². The Labute approximate surface area is 98.0 Å². The van der Waals surface area contributed by atoms with Gasteiger partial charge < -0.3 is 15.3 Å². The molecule has 94 valence electrons. The van der Waals surface area contributed by atoms with Crippen molar-refractivity contribution in [2.75, 3.05) is 20.1 Å². The molecule has 2 N–H and O–H groups in total. The Morgan fingerprint density at radius 1 is 1.38 bits per heavy atom. The summed E-state index contributed by atoms with van der Waals surface area (Å²) in [5.74, 6) is 0.156. The molecule has 1 aliphatic rings. The van der Waals surface area contributed by atoms with Gasteiger partial charge in [0, 0.05) is 26.6 Å². The van der Waals surface area contributed by atoms with Gasteiger partial charge in [0.25, 0.3) is 0 Å². The van der Waals surface area contributed by atoms with Crippen molar-refractivity contribution in [1.82, 2.24) is 10.2 Å². The number of aliphatic hydroxyl groups excluding tert-OH is 1. The topological polar surface area (TPSA) is 52.6 Å². The van der Waals surface area contributed by atoms with Crippen LogP contribution in [0, 0.1) is 0 Å². The van der Waals surface area contributed by atoms with Crippen molar-refractivity contribution in [3.63, 3.8) is 0 Å². The van der Waals surface area contributed by atoms with E-state index in [1.807, 2.05) is 0 Å². The molecule has 0 unspecified atom stereocenters. The molecule has 16 heavy (non-hydrogen) atoms. The van der Waals surface area contributed by atoms with Crippen LogP contribution in [0.4, 0.5) is 0 Å². The molecule has 2 atom stereocenters. The quantitative estimate of drug-likeness (QED) is 0.660. The van der Waals surface area contributed by atoms with Gasteiger partial charge in [-0.2, -0.15) is 0 Å². The Kier molecular flexibility index (Phi) is 5.77. The zero-order valence-electron chi connectivity index (χ0n) is 10.4. The van der Waals surface area contributed by atoms with Crippen LogP contribution in [-0.4, -0.2) is 48.2 Å². The van der Waals surface area contributed by atoms with Crippen LogP contribution in [0.3, 0.4) is 0 Å². The molecule has 1 heterocycles. The number of rotatable bonds is 6. The van der Waals surface area contributed by atoms with Crippen molar-refractivity contribution in [2.45, 2.75) is 51.2 Å². The van der Waals surface area contributed by atoms with Crippen LogP contribution < -0.4 is 5.32 Å². The van der Waals surface area contributed by atoms with Gasteiger partial charge in [0.15, 0.2) is 0 Å². The molecule has 0 aliphatic carbocycles. The molecule has 4 heteroatoms. The van der Waals surface area contributed by atoms with Crippen molar-refractivity contribution < 1.29 is 9.90 Å². The van der Waals surface area contributed by atoms with Crippen molar-refractivity contribution >= 4 is 5.91 Å². The molecule has 0 aromatic rings. The molecule has 1 rings (SSSR count). The zero-order valence-corrected chi connectivity index (χ0v) is 10.4. The maximum absolute atomic E-state index is 11.8. The minimum atomic E-state index is -0.412. The normalized spacial score (nSPS) is 24.7. The van der Waals surface area contributed by atoms with Gasteiger partial charge in [-0.05, 0) is 6.42 Å². The third-order valence-electron chi connectivity index (χ3n) is 3.29. The van der Waals surface area contributed by atoms with Gasteiger partial charge in [-0.3, -0.25) is 4.79 Å². The standard InChI is InChI=1S/C12H24N2O2/c1-3-4-5-6-7-12(16)14(2)10-8-13-9-11(10)15/h10-11,13,15H,3-9H2,1-2H3/t10-,11-/m0/s1. The largest absolute Gasteiger partial charge is 0.390 e. The summed E-state index contributed by atoms with van der Waals surface area (Å²) in [4.78, 5) is 13.5.